The lowest BCUT2D eigenvalue weighted by molar-refractivity contribution is 0.00622. The summed E-state index contributed by atoms with van der Waals surface area (Å²) in [5.74, 6) is 0.546. The monoisotopic (exact) mass is 420 g/mol. The van der Waals surface area contributed by atoms with E-state index in [-0.39, 0.29) is 12.7 Å². The number of aliphatic hydroxyl groups excluding tert-OH is 1. The number of halogens is 1. The highest BCUT2D eigenvalue weighted by molar-refractivity contribution is 7.99. The second-order valence-corrected chi connectivity index (χ2v) is 9.24. The molecule has 142 valence electrons. The van der Waals surface area contributed by atoms with Crippen LogP contribution in [-0.2, 0) is 17.6 Å². The van der Waals surface area contributed by atoms with Crippen molar-refractivity contribution in [2.45, 2.75) is 43.4 Å². The maximum atomic E-state index is 10.4. The largest absolute Gasteiger partial charge is 0.390 e. The minimum absolute atomic E-state index is 0.0900. The Morgan fingerprint density at radius 1 is 1.26 bits per heavy atom. The molecule has 0 unspecified atom stereocenters. The summed E-state index contributed by atoms with van der Waals surface area (Å²) in [4.78, 5) is 11.4. The molecule has 0 saturated heterocycles. The maximum absolute atomic E-state index is 10.4. The standard InChI is InChI=1S/C20H21ClN2O2S2/c1-12(13-5-7-14(21)8-6-13)25-9-15(24)10-26-19-18-16-3-2-4-17(16)27-20(18)23-11-22-19/h5-8,11-12,15,24H,2-4,9-10H2,1H3/t12-,15+/m0/s1. The van der Waals surface area contributed by atoms with E-state index in [1.165, 1.54) is 22.2 Å². The molecule has 3 aromatic rings. The molecule has 0 bridgehead atoms. The highest BCUT2D eigenvalue weighted by atomic mass is 35.5. The first-order valence-corrected chi connectivity index (χ1v) is 11.2. The predicted octanol–water partition coefficient (Wildman–Crippen LogP) is 5.06. The summed E-state index contributed by atoms with van der Waals surface area (Å²) in [5.41, 5.74) is 2.46. The zero-order chi connectivity index (χ0) is 18.8. The molecular formula is C20H21ClN2O2S2. The molecule has 4 rings (SSSR count). The molecule has 0 amide bonds. The number of fused-ring (bicyclic) bond motifs is 3. The number of aromatic nitrogens is 2. The minimum Gasteiger partial charge on any atom is -0.390 e. The van der Waals surface area contributed by atoms with Gasteiger partial charge in [-0.15, -0.1) is 23.1 Å². The molecule has 2 aromatic heterocycles. The van der Waals surface area contributed by atoms with Gasteiger partial charge in [-0.05, 0) is 49.4 Å². The summed E-state index contributed by atoms with van der Waals surface area (Å²) < 4.78 is 5.83. The Kier molecular flexibility index (Phi) is 5.99. The van der Waals surface area contributed by atoms with E-state index < -0.39 is 6.10 Å². The second-order valence-electron chi connectivity index (χ2n) is 6.71. The quantitative estimate of drug-likeness (QED) is 0.427. The van der Waals surface area contributed by atoms with E-state index in [1.807, 2.05) is 31.2 Å². The molecule has 0 aliphatic heterocycles. The zero-order valence-corrected chi connectivity index (χ0v) is 17.4. The Hall–Kier alpha value is -1.18. The number of thioether (sulfide) groups is 1. The van der Waals surface area contributed by atoms with Gasteiger partial charge < -0.3 is 9.84 Å². The van der Waals surface area contributed by atoms with Crippen molar-refractivity contribution >= 4 is 44.9 Å². The predicted molar refractivity (Wildman–Crippen MR) is 112 cm³/mol. The van der Waals surface area contributed by atoms with Gasteiger partial charge in [0, 0.05) is 21.0 Å². The molecule has 2 atom stereocenters. The molecule has 0 radical (unpaired) electrons. The van der Waals surface area contributed by atoms with E-state index in [0.717, 1.165) is 28.3 Å². The molecule has 1 aliphatic carbocycles. The van der Waals surface area contributed by atoms with Crippen molar-refractivity contribution in [2.75, 3.05) is 12.4 Å². The lowest BCUT2D eigenvalue weighted by Gasteiger charge is -2.17. The molecule has 0 spiro atoms. The lowest BCUT2D eigenvalue weighted by Crippen LogP contribution is -2.19. The van der Waals surface area contributed by atoms with Crippen LogP contribution in [-0.4, -0.2) is 33.5 Å². The van der Waals surface area contributed by atoms with Crippen molar-refractivity contribution in [2.24, 2.45) is 0 Å². The third-order valence-corrected chi connectivity index (χ3v) is 7.34. The van der Waals surface area contributed by atoms with Crippen molar-refractivity contribution < 1.29 is 9.84 Å². The Bertz CT molecular complexity index is 930. The third-order valence-electron chi connectivity index (χ3n) is 4.76. The van der Waals surface area contributed by atoms with E-state index >= 15 is 0 Å². The highest BCUT2D eigenvalue weighted by Gasteiger charge is 2.21. The van der Waals surface area contributed by atoms with Gasteiger partial charge in [-0.1, -0.05) is 23.7 Å². The molecular weight excluding hydrogens is 400 g/mol. The summed E-state index contributed by atoms with van der Waals surface area (Å²) in [7, 11) is 0. The summed E-state index contributed by atoms with van der Waals surface area (Å²) in [5, 5.41) is 13.2. The van der Waals surface area contributed by atoms with Crippen LogP contribution in [0, 0.1) is 0 Å². The van der Waals surface area contributed by atoms with E-state index in [0.29, 0.717) is 10.8 Å². The average Bonchev–Trinajstić information content (AvgIpc) is 3.26. The van der Waals surface area contributed by atoms with E-state index in [9.17, 15) is 5.11 Å². The first-order chi connectivity index (χ1) is 13.1. The van der Waals surface area contributed by atoms with Gasteiger partial charge in [-0.3, -0.25) is 0 Å². The molecule has 1 aliphatic rings. The van der Waals surface area contributed by atoms with Crippen molar-refractivity contribution in [3.05, 3.63) is 51.6 Å². The van der Waals surface area contributed by atoms with Crippen LogP contribution in [0.15, 0.2) is 35.6 Å². The smallest absolute Gasteiger partial charge is 0.128 e. The normalized spacial score (nSPS) is 15.8. The third kappa shape index (κ3) is 4.30. The van der Waals surface area contributed by atoms with E-state index in [1.54, 1.807) is 29.4 Å². The van der Waals surface area contributed by atoms with Crippen molar-refractivity contribution in [1.82, 2.24) is 9.97 Å². The lowest BCUT2D eigenvalue weighted by atomic mass is 10.1. The molecule has 1 aromatic carbocycles. The summed E-state index contributed by atoms with van der Waals surface area (Å²) >= 11 is 9.29. The highest BCUT2D eigenvalue weighted by Crippen LogP contribution is 2.40. The van der Waals surface area contributed by atoms with Gasteiger partial charge in [-0.25, -0.2) is 9.97 Å². The average molecular weight is 421 g/mol. The summed E-state index contributed by atoms with van der Waals surface area (Å²) in [6.45, 7) is 2.26. The summed E-state index contributed by atoms with van der Waals surface area (Å²) in [6, 6.07) is 7.59. The van der Waals surface area contributed by atoms with Crippen LogP contribution in [0.5, 0.6) is 0 Å². The summed E-state index contributed by atoms with van der Waals surface area (Å²) in [6.07, 6.45) is 4.46. The second kappa shape index (κ2) is 8.45. The fourth-order valence-electron chi connectivity index (χ4n) is 3.32. The van der Waals surface area contributed by atoms with Gasteiger partial charge in [0.15, 0.2) is 0 Å². The van der Waals surface area contributed by atoms with E-state index in [4.69, 9.17) is 16.3 Å². The molecule has 2 heterocycles. The van der Waals surface area contributed by atoms with Crippen molar-refractivity contribution in [1.29, 1.82) is 0 Å². The molecule has 1 N–H and O–H groups in total. The number of aryl methyl sites for hydroxylation is 2. The molecule has 0 saturated carbocycles. The molecule has 4 nitrogen and oxygen atoms in total. The number of thiophene rings is 1. The first kappa shape index (κ1) is 19.2. The van der Waals surface area contributed by atoms with Gasteiger partial charge in [0.1, 0.15) is 16.2 Å². The van der Waals surface area contributed by atoms with Crippen molar-refractivity contribution in [3.63, 3.8) is 0 Å². The molecule has 27 heavy (non-hydrogen) atoms. The van der Waals surface area contributed by atoms with Crippen LogP contribution in [0.25, 0.3) is 10.2 Å². The molecule has 7 heteroatoms. The van der Waals surface area contributed by atoms with Crippen molar-refractivity contribution in [3.8, 4) is 0 Å². The number of rotatable bonds is 7. The fourth-order valence-corrected chi connectivity index (χ4v) is 5.67. The topological polar surface area (TPSA) is 55.2 Å². The Balaban J connectivity index is 1.35. The number of ether oxygens (including phenoxy) is 1. The SMILES string of the molecule is C[C@H](OC[C@@H](O)CSc1ncnc2sc3c(c12)CCC3)c1ccc(Cl)cc1. The number of nitrogens with zero attached hydrogens (tertiary/aromatic N) is 2. The Morgan fingerprint density at radius 3 is 2.89 bits per heavy atom. The number of hydrogen-bond acceptors (Lipinski definition) is 6. The van der Waals surface area contributed by atoms with Gasteiger partial charge in [0.05, 0.1) is 18.8 Å². The van der Waals surface area contributed by atoms with Gasteiger partial charge in [0.2, 0.25) is 0 Å². The Labute approximate surface area is 171 Å². The number of benzene rings is 1. The Morgan fingerprint density at radius 2 is 2.07 bits per heavy atom. The van der Waals surface area contributed by atoms with Gasteiger partial charge in [0.25, 0.3) is 0 Å². The number of hydrogen-bond donors (Lipinski definition) is 1. The van der Waals surface area contributed by atoms with Crippen LogP contribution >= 0.6 is 34.7 Å². The van der Waals surface area contributed by atoms with E-state index in [2.05, 4.69) is 9.97 Å². The first-order valence-electron chi connectivity index (χ1n) is 9.05. The van der Waals surface area contributed by atoms with Gasteiger partial charge >= 0.3 is 0 Å². The molecule has 0 fully saturated rings. The number of aliphatic hydroxyl groups is 1. The minimum atomic E-state index is -0.554. The van der Waals surface area contributed by atoms with Crippen LogP contribution in [0.2, 0.25) is 5.02 Å². The zero-order valence-electron chi connectivity index (χ0n) is 15.0. The van der Waals surface area contributed by atoms with Crippen LogP contribution < -0.4 is 0 Å². The van der Waals surface area contributed by atoms with Crippen LogP contribution in [0.3, 0.4) is 0 Å². The maximum Gasteiger partial charge on any atom is 0.128 e. The van der Waals surface area contributed by atoms with Crippen LogP contribution in [0.1, 0.15) is 35.5 Å². The van der Waals surface area contributed by atoms with Crippen LogP contribution in [0.4, 0.5) is 0 Å². The van der Waals surface area contributed by atoms with Gasteiger partial charge in [-0.2, -0.15) is 0 Å². The fraction of sp³-hybridized carbons (Fsp3) is 0.400.